The topological polar surface area (TPSA) is 61.6 Å². The number of urea groups is 1. The highest BCUT2D eigenvalue weighted by Crippen LogP contribution is 2.19. The fourth-order valence-corrected chi connectivity index (χ4v) is 2.69. The number of rotatable bonds is 4. The van der Waals surface area contributed by atoms with E-state index < -0.39 is 0 Å². The van der Waals surface area contributed by atoms with Crippen molar-refractivity contribution in [2.75, 3.05) is 39.3 Å². The lowest BCUT2D eigenvalue weighted by Gasteiger charge is -2.34. The number of hydrogen-bond acceptors (Lipinski definition) is 3. The predicted octanol–water partition coefficient (Wildman–Crippen LogP) is 0.0708. The van der Waals surface area contributed by atoms with Crippen LogP contribution in [0, 0.1) is 5.92 Å². The Kier molecular flexibility index (Phi) is 4.23. The van der Waals surface area contributed by atoms with Crippen molar-refractivity contribution in [1.82, 2.24) is 15.1 Å². The zero-order valence-electron chi connectivity index (χ0n) is 10.7. The third kappa shape index (κ3) is 3.33. The van der Waals surface area contributed by atoms with E-state index >= 15 is 0 Å². The molecule has 0 aromatic rings. The summed E-state index contributed by atoms with van der Waals surface area (Å²) < 4.78 is 0. The minimum absolute atomic E-state index is 0.0930. The summed E-state index contributed by atoms with van der Waals surface area (Å²) in [6, 6.07) is 0.414. The molecule has 2 aliphatic rings. The number of piperidine rings is 1. The Morgan fingerprint density at radius 1 is 1.35 bits per heavy atom. The van der Waals surface area contributed by atoms with Crippen LogP contribution in [-0.4, -0.2) is 61.1 Å². The summed E-state index contributed by atoms with van der Waals surface area (Å²) in [6.45, 7) is 7.87. The van der Waals surface area contributed by atoms with E-state index in [-0.39, 0.29) is 6.03 Å². The highest BCUT2D eigenvalue weighted by molar-refractivity contribution is 5.76. The van der Waals surface area contributed by atoms with Crippen LogP contribution in [0.15, 0.2) is 0 Å². The summed E-state index contributed by atoms with van der Waals surface area (Å²) in [5, 5.41) is 2.83. The summed E-state index contributed by atoms with van der Waals surface area (Å²) >= 11 is 0. The Hall–Kier alpha value is -0.810. The quantitative estimate of drug-likeness (QED) is 0.731. The van der Waals surface area contributed by atoms with Crippen molar-refractivity contribution in [3.63, 3.8) is 0 Å². The number of likely N-dealkylation sites (tertiary alicyclic amines) is 1. The molecule has 0 aromatic heterocycles. The summed E-state index contributed by atoms with van der Waals surface area (Å²) in [5.74, 6) is 0.682. The van der Waals surface area contributed by atoms with Gasteiger partial charge in [0.25, 0.3) is 0 Å². The third-order valence-corrected chi connectivity index (χ3v) is 4.01. The van der Waals surface area contributed by atoms with Gasteiger partial charge < -0.3 is 20.9 Å². The van der Waals surface area contributed by atoms with Gasteiger partial charge in [-0.15, -0.1) is 0 Å². The molecule has 2 aliphatic heterocycles. The maximum atomic E-state index is 11.4. The van der Waals surface area contributed by atoms with Crippen molar-refractivity contribution in [2.24, 2.45) is 11.7 Å². The second kappa shape index (κ2) is 5.69. The molecule has 0 saturated carbocycles. The van der Waals surface area contributed by atoms with Gasteiger partial charge in [-0.3, -0.25) is 0 Å². The first-order chi connectivity index (χ1) is 8.16. The lowest BCUT2D eigenvalue weighted by molar-refractivity contribution is 0.156. The van der Waals surface area contributed by atoms with Gasteiger partial charge in [0.2, 0.25) is 0 Å². The van der Waals surface area contributed by atoms with Crippen LogP contribution in [0.3, 0.4) is 0 Å². The largest absolute Gasteiger partial charge is 0.336 e. The Morgan fingerprint density at radius 2 is 2.06 bits per heavy atom. The second-order valence-electron chi connectivity index (χ2n) is 5.26. The fourth-order valence-electron chi connectivity index (χ4n) is 2.69. The van der Waals surface area contributed by atoms with E-state index in [0.29, 0.717) is 12.0 Å². The van der Waals surface area contributed by atoms with Crippen LogP contribution in [0.2, 0.25) is 0 Å². The molecule has 5 heteroatoms. The number of nitrogens with two attached hydrogens (primary N) is 1. The molecule has 2 fully saturated rings. The number of carbonyl (C=O) groups excluding carboxylic acids is 1. The minimum atomic E-state index is 0.0930. The van der Waals surface area contributed by atoms with Crippen LogP contribution >= 0.6 is 0 Å². The van der Waals surface area contributed by atoms with Crippen LogP contribution in [0.4, 0.5) is 4.79 Å². The van der Waals surface area contributed by atoms with Crippen molar-refractivity contribution < 1.29 is 4.79 Å². The number of carbonyl (C=O) groups is 1. The number of nitrogens with one attached hydrogen (secondary N) is 1. The molecule has 1 atom stereocenters. The standard InChI is InChI=1S/C12H24N4O/c1-10(13)11-2-5-15(6-3-11)8-9-16-7-4-14-12(16)17/h10-11H,2-9,13H2,1H3,(H,14,17). The van der Waals surface area contributed by atoms with Crippen LogP contribution in [0.5, 0.6) is 0 Å². The molecule has 0 bridgehead atoms. The van der Waals surface area contributed by atoms with Crippen molar-refractivity contribution in [1.29, 1.82) is 0 Å². The first-order valence-corrected chi connectivity index (χ1v) is 6.67. The van der Waals surface area contributed by atoms with Gasteiger partial charge in [0.05, 0.1) is 0 Å². The summed E-state index contributed by atoms with van der Waals surface area (Å²) in [4.78, 5) is 15.7. The Morgan fingerprint density at radius 3 is 2.59 bits per heavy atom. The summed E-state index contributed by atoms with van der Waals surface area (Å²) in [6.07, 6.45) is 2.40. The van der Waals surface area contributed by atoms with E-state index in [1.54, 1.807) is 0 Å². The number of amides is 2. The van der Waals surface area contributed by atoms with Gasteiger partial charge in [-0.2, -0.15) is 0 Å². The number of hydrogen-bond donors (Lipinski definition) is 2. The van der Waals surface area contributed by atoms with E-state index in [0.717, 1.165) is 39.3 Å². The zero-order valence-corrected chi connectivity index (χ0v) is 10.7. The van der Waals surface area contributed by atoms with Crippen molar-refractivity contribution in [2.45, 2.75) is 25.8 Å². The van der Waals surface area contributed by atoms with Crippen molar-refractivity contribution >= 4 is 6.03 Å². The van der Waals surface area contributed by atoms with Gasteiger partial charge in [0, 0.05) is 32.2 Å². The molecule has 0 aromatic carbocycles. The maximum absolute atomic E-state index is 11.4. The van der Waals surface area contributed by atoms with E-state index in [9.17, 15) is 4.79 Å². The predicted molar refractivity (Wildman–Crippen MR) is 67.8 cm³/mol. The molecule has 17 heavy (non-hydrogen) atoms. The average molecular weight is 240 g/mol. The van der Waals surface area contributed by atoms with E-state index in [1.807, 2.05) is 4.90 Å². The molecule has 3 N–H and O–H groups in total. The van der Waals surface area contributed by atoms with Crippen molar-refractivity contribution in [3.05, 3.63) is 0 Å². The molecule has 0 spiro atoms. The average Bonchev–Trinajstić information content (AvgIpc) is 2.73. The third-order valence-electron chi connectivity index (χ3n) is 4.01. The molecule has 1 unspecified atom stereocenters. The van der Waals surface area contributed by atoms with Gasteiger partial charge >= 0.3 is 6.03 Å². The van der Waals surface area contributed by atoms with Crippen LogP contribution in [-0.2, 0) is 0 Å². The van der Waals surface area contributed by atoms with Gasteiger partial charge in [0.15, 0.2) is 0 Å². The van der Waals surface area contributed by atoms with Gasteiger partial charge in [-0.1, -0.05) is 0 Å². The normalized spacial score (nSPS) is 25.1. The lowest BCUT2D eigenvalue weighted by Crippen LogP contribution is -2.43. The first kappa shape index (κ1) is 12.6. The molecule has 98 valence electrons. The van der Waals surface area contributed by atoms with Gasteiger partial charge in [-0.25, -0.2) is 4.79 Å². The molecule has 0 aliphatic carbocycles. The maximum Gasteiger partial charge on any atom is 0.317 e. The fraction of sp³-hybridized carbons (Fsp3) is 0.917. The van der Waals surface area contributed by atoms with Crippen LogP contribution in [0.1, 0.15) is 19.8 Å². The minimum Gasteiger partial charge on any atom is -0.336 e. The molecule has 2 amide bonds. The molecular formula is C12H24N4O. The molecule has 2 heterocycles. The van der Waals surface area contributed by atoms with E-state index in [4.69, 9.17) is 5.73 Å². The van der Waals surface area contributed by atoms with E-state index in [2.05, 4.69) is 17.1 Å². The Balaban J connectivity index is 1.66. The summed E-state index contributed by atoms with van der Waals surface area (Å²) in [5.41, 5.74) is 5.92. The van der Waals surface area contributed by atoms with Gasteiger partial charge in [0.1, 0.15) is 0 Å². The number of nitrogens with zero attached hydrogens (tertiary/aromatic N) is 2. The van der Waals surface area contributed by atoms with Crippen molar-refractivity contribution in [3.8, 4) is 0 Å². The molecule has 2 saturated heterocycles. The SMILES string of the molecule is CC(N)C1CCN(CCN2CCNC2=O)CC1. The Bertz CT molecular complexity index is 261. The highest BCUT2D eigenvalue weighted by atomic mass is 16.2. The molecule has 0 radical (unpaired) electrons. The molecular weight excluding hydrogens is 216 g/mol. The zero-order chi connectivity index (χ0) is 12.3. The first-order valence-electron chi connectivity index (χ1n) is 6.67. The van der Waals surface area contributed by atoms with E-state index in [1.165, 1.54) is 12.8 Å². The van der Waals surface area contributed by atoms with Gasteiger partial charge in [-0.05, 0) is 38.8 Å². The highest BCUT2D eigenvalue weighted by Gasteiger charge is 2.24. The van der Waals surface area contributed by atoms with Crippen LogP contribution in [0.25, 0.3) is 0 Å². The smallest absolute Gasteiger partial charge is 0.317 e. The lowest BCUT2D eigenvalue weighted by atomic mass is 9.91. The Labute approximate surface area is 103 Å². The molecule has 2 rings (SSSR count). The summed E-state index contributed by atoms with van der Waals surface area (Å²) in [7, 11) is 0. The second-order valence-corrected chi connectivity index (χ2v) is 5.26. The van der Waals surface area contributed by atoms with Crippen LogP contribution < -0.4 is 11.1 Å². The monoisotopic (exact) mass is 240 g/mol. The molecule has 5 nitrogen and oxygen atoms in total.